The molecule has 0 saturated carbocycles. The fraction of sp³-hybridized carbons (Fsp3) is 0.391. The Morgan fingerprint density at radius 3 is 2.10 bits per heavy atom. The van der Waals surface area contributed by atoms with Crippen LogP contribution in [0.4, 0.5) is 0 Å². The minimum atomic E-state index is -1.39. The highest BCUT2D eigenvalue weighted by molar-refractivity contribution is 6.88. The van der Waals surface area contributed by atoms with Crippen molar-refractivity contribution in [2.45, 2.75) is 51.6 Å². The summed E-state index contributed by atoms with van der Waals surface area (Å²) in [7, 11) is 0.181. The first-order chi connectivity index (χ1) is 13.6. The molecule has 1 amide bonds. The number of ketones is 1. The molecule has 5 nitrogen and oxygen atoms in total. The zero-order chi connectivity index (χ0) is 21.6. The number of Topliss-reactive ketones (excluding diaryl/α,β-unsaturated/α-hetero) is 1. The summed E-state index contributed by atoms with van der Waals surface area (Å²) in [5.74, 6) is 0.218. The lowest BCUT2D eigenvalue weighted by atomic mass is 9.97. The summed E-state index contributed by atoms with van der Waals surface area (Å²) in [6.07, 6.45) is -0.599. The van der Waals surface area contributed by atoms with Crippen LogP contribution in [-0.4, -0.2) is 38.1 Å². The zero-order valence-corrected chi connectivity index (χ0v) is 18.9. The number of hydrogen-bond acceptors (Lipinski definition) is 4. The molecule has 0 aliphatic carbocycles. The fourth-order valence-electron chi connectivity index (χ4n) is 3.06. The minimum Gasteiger partial charge on any atom is -0.497 e. The van der Waals surface area contributed by atoms with Crippen molar-refractivity contribution >= 4 is 25.0 Å². The summed E-state index contributed by atoms with van der Waals surface area (Å²) < 4.78 is 5.18. The maximum Gasteiger partial charge on any atom is 0.223 e. The number of aliphatic hydroxyl groups excluding tert-OH is 1. The third-order valence-corrected chi connectivity index (χ3v) is 6.82. The molecule has 29 heavy (non-hydrogen) atoms. The van der Waals surface area contributed by atoms with Crippen LogP contribution < -0.4 is 15.2 Å². The van der Waals surface area contributed by atoms with Crippen LogP contribution in [0.2, 0.25) is 19.6 Å². The molecule has 2 N–H and O–H groups in total. The van der Waals surface area contributed by atoms with Crippen molar-refractivity contribution in [3.63, 3.8) is 0 Å². The highest BCUT2D eigenvalue weighted by Crippen LogP contribution is 2.20. The predicted molar refractivity (Wildman–Crippen MR) is 118 cm³/mol. The van der Waals surface area contributed by atoms with E-state index in [2.05, 4.69) is 37.1 Å². The second kappa shape index (κ2) is 9.85. The Hall–Kier alpha value is -2.44. The van der Waals surface area contributed by atoms with E-state index in [0.29, 0.717) is 11.3 Å². The smallest absolute Gasteiger partial charge is 0.223 e. The third kappa shape index (κ3) is 6.83. The van der Waals surface area contributed by atoms with Gasteiger partial charge in [0.1, 0.15) is 11.8 Å². The molecule has 2 aromatic rings. The molecule has 0 saturated heterocycles. The maximum atomic E-state index is 13.1. The minimum absolute atomic E-state index is 0.0508. The van der Waals surface area contributed by atoms with Crippen LogP contribution in [0.1, 0.15) is 30.5 Å². The molecule has 6 heteroatoms. The van der Waals surface area contributed by atoms with Gasteiger partial charge in [-0.1, -0.05) is 61.2 Å². The Morgan fingerprint density at radius 2 is 1.62 bits per heavy atom. The third-order valence-electron chi connectivity index (χ3n) is 4.76. The lowest BCUT2D eigenvalue weighted by Crippen LogP contribution is -2.37. The largest absolute Gasteiger partial charge is 0.497 e. The van der Waals surface area contributed by atoms with Gasteiger partial charge in [0.05, 0.1) is 27.7 Å². The Kier molecular flexibility index (Phi) is 7.76. The van der Waals surface area contributed by atoms with Gasteiger partial charge in [-0.3, -0.25) is 9.59 Å². The molecule has 0 aliphatic rings. The van der Waals surface area contributed by atoms with Crippen LogP contribution in [0.15, 0.2) is 48.5 Å². The lowest BCUT2D eigenvalue weighted by Gasteiger charge is -2.20. The molecule has 0 fully saturated rings. The van der Waals surface area contributed by atoms with E-state index in [1.807, 2.05) is 12.1 Å². The van der Waals surface area contributed by atoms with E-state index in [0.717, 1.165) is 5.56 Å². The Bertz CT molecular complexity index is 823. The average molecular weight is 414 g/mol. The number of benzene rings is 2. The molecule has 0 radical (unpaired) electrons. The molecule has 0 heterocycles. The molecule has 2 aromatic carbocycles. The number of carbonyl (C=O) groups is 2. The van der Waals surface area contributed by atoms with Crippen molar-refractivity contribution in [1.82, 2.24) is 5.32 Å². The summed E-state index contributed by atoms with van der Waals surface area (Å²) in [5, 5.41) is 13.6. The topological polar surface area (TPSA) is 75.6 Å². The quantitative estimate of drug-likeness (QED) is 0.620. The number of ether oxygens (including phenoxy) is 1. The van der Waals surface area contributed by atoms with Crippen LogP contribution in [0, 0.1) is 0 Å². The number of amides is 1. The van der Waals surface area contributed by atoms with Crippen molar-refractivity contribution < 1.29 is 19.4 Å². The van der Waals surface area contributed by atoms with Crippen molar-refractivity contribution in [2.75, 3.05) is 7.11 Å². The lowest BCUT2D eigenvalue weighted by molar-refractivity contribution is -0.128. The molecule has 2 unspecified atom stereocenters. The van der Waals surface area contributed by atoms with Gasteiger partial charge in [-0.25, -0.2) is 0 Å². The molecule has 2 atom stereocenters. The van der Waals surface area contributed by atoms with Crippen LogP contribution in [0.25, 0.3) is 0 Å². The Labute approximate surface area is 174 Å². The standard InChI is InChI=1S/C23H31NO4Si/c1-16(25)14-22(27)24-23(18-8-10-19(28-2)11-9-18)21(26)15-17-6-12-20(13-7-17)29(3,4)5/h6-13,16,23,25H,14-15H2,1-5H3,(H,24,27). The van der Waals surface area contributed by atoms with Crippen LogP contribution in [-0.2, 0) is 16.0 Å². The predicted octanol–water partition coefficient (Wildman–Crippen LogP) is 2.98. The SMILES string of the molecule is COc1ccc(C(NC(=O)CC(C)O)C(=O)Cc2ccc([Si](C)(C)C)cc2)cc1. The van der Waals surface area contributed by atoms with Crippen molar-refractivity contribution in [2.24, 2.45) is 0 Å². The van der Waals surface area contributed by atoms with E-state index in [1.165, 1.54) is 5.19 Å². The van der Waals surface area contributed by atoms with Gasteiger partial charge < -0.3 is 15.2 Å². The molecule has 0 spiro atoms. The van der Waals surface area contributed by atoms with Gasteiger partial charge in [0.25, 0.3) is 0 Å². The van der Waals surface area contributed by atoms with Gasteiger partial charge in [0.15, 0.2) is 5.78 Å². The van der Waals surface area contributed by atoms with E-state index in [-0.39, 0.29) is 24.5 Å². The summed E-state index contributed by atoms with van der Waals surface area (Å²) in [6.45, 7) is 8.39. The second-order valence-electron chi connectivity index (χ2n) is 8.42. The number of methoxy groups -OCH3 is 1. The Balaban J connectivity index is 2.21. The van der Waals surface area contributed by atoms with E-state index >= 15 is 0 Å². The highest BCUT2D eigenvalue weighted by atomic mass is 28.3. The fourth-order valence-corrected chi connectivity index (χ4v) is 4.23. The van der Waals surface area contributed by atoms with Crippen molar-refractivity contribution in [3.8, 4) is 5.75 Å². The van der Waals surface area contributed by atoms with Gasteiger partial charge in [-0.2, -0.15) is 0 Å². The van der Waals surface area contributed by atoms with Gasteiger partial charge in [0.2, 0.25) is 5.91 Å². The average Bonchev–Trinajstić information content (AvgIpc) is 2.65. The Morgan fingerprint density at radius 1 is 1.03 bits per heavy atom. The molecule has 0 bridgehead atoms. The summed E-state index contributed by atoms with van der Waals surface area (Å²) in [5.41, 5.74) is 1.61. The maximum absolute atomic E-state index is 13.1. The summed E-state index contributed by atoms with van der Waals surface area (Å²) >= 11 is 0. The summed E-state index contributed by atoms with van der Waals surface area (Å²) in [6, 6.07) is 14.5. The van der Waals surface area contributed by atoms with Crippen molar-refractivity contribution in [3.05, 3.63) is 59.7 Å². The number of rotatable bonds is 9. The van der Waals surface area contributed by atoms with Gasteiger partial charge >= 0.3 is 0 Å². The number of carbonyl (C=O) groups excluding carboxylic acids is 2. The van der Waals surface area contributed by atoms with Crippen molar-refractivity contribution in [1.29, 1.82) is 0 Å². The summed E-state index contributed by atoms with van der Waals surface area (Å²) in [4.78, 5) is 25.3. The number of nitrogens with one attached hydrogen (secondary N) is 1. The van der Waals surface area contributed by atoms with E-state index < -0.39 is 20.2 Å². The first kappa shape index (κ1) is 22.8. The monoisotopic (exact) mass is 413 g/mol. The van der Waals surface area contributed by atoms with Gasteiger partial charge in [0, 0.05) is 6.42 Å². The van der Waals surface area contributed by atoms with E-state index in [4.69, 9.17) is 4.74 Å². The molecule has 0 aromatic heterocycles. The van der Waals surface area contributed by atoms with Crippen LogP contribution >= 0.6 is 0 Å². The van der Waals surface area contributed by atoms with E-state index in [1.54, 1.807) is 38.3 Å². The molecular weight excluding hydrogens is 382 g/mol. The van der Waals surface area contributed by atoms with Gasteiger partial charge in [-0.05, 0) is 30.2 Å². The number of hydrogen-bond donors (Lipinski definition) is 2. The molecular formula is C23H31NO4Si. The zero-order valence-electron chi connectivity index (χ0n) is 17.9. The normalized spacial score (nSPS) is 13.4. The molecule has 156 valence electrons. The first-order valence-electron chi connectivity index (χ1n) is 9.83. The highest BCUT2D eigenvalue weighted by Gasteiger charge is 2.24. The van der Waals surface area contributed by atoms with E-state index in [9.17, 15) is 14.7 Å². The first-order valence-corrected chi connectivity index (χ1v) is 13.3. The van der Waals surface area contributed by atoms with Gasteiger partial charge in [-0.15, -0.1) is 0 Å². The molecule has 2 rings (SSSR count). The van der Waals surface area contributed by atoms with Crippen LogP contribution in [0.5, 0.6) is 5.75 Å². The molecule has 0 aliphatic heterocycles. The van der Waals surface area contributed by atoms with Crippen LogP contribution in [0.3, 0.4) is 0 Å². The number of aliphatic hydroxyl groups is 1. The second-order valence-corrected chi connectivity index (χ2v) is 13.5.